The summed E-state index contributed by atoms with van der Waals surface area (Å²) in [6, 6.07) is 2.10. The first-order chi connectivity index (χ1) is 5.25. The van der Waals surface area contributed by atoms with Crippen molar-refractivity contribution < 1.29 is 0 Å². The number of aryl methyl sites for hydroxylation is 1. The Morgan fingerprint density at radius 1 is 1.82 bits per heavy atom. The molecule has 0 aliphatic heterocycles. The fourth-order valence-electron chi connectivity index (χ4n) is 0.836. The molecule has 0 aliphatic rings. The number of aromatic nitrogens is 1. The van der Waals surface area contributed by atoms with Crippen molar-refractivity contribution in [3.8, 4) is 6.07 Å². The maximum atomic E-state index is 8.35. The minimum Gasteiger partial charge on any atom is -0.326 e. The van der Waals surface area contributed by atoms with Crippen molar-refractivity contribution in [3.05, 3.63) is 15.0 Å². The first-order valence-electron chi connectivity index (χ1n) is 3.27. The molecule has 0 unspecified atom stereocenters. The van der Waals surface area contributed by atoms with E-state index in [1.165, 1.54) is 0 Å². The molecule has 0 bridgehead atoms. The molecule has 58 valence electrons. The fourth-order valence-corrected chi connectivity index (χ4v) is 1.98. The summed E-state index contributed by atoms with van der Waals surface area (Å²) in [4.78, 5) is 0. The van der Waals surface area contributed by atoms with Gasteiger partial charge in [-0.3, -0.25) is 0 Å². The summed E-state index contributed by atoms with van der Waals surface area (Å²) in [5, 5.41) is 10.4. The standard InChI is InChI=1S/C7H8N2S2/c1-6-5-11-7(10)9(6)4-2-3-8/h5H,2,4H2,1H3. The summed E-state index contributed by atoms with van der Waals surface area (Å²) in [5.41, 5.74) is 1.15. The van der Waals surface area contributed by atoms with Gasteiger partial charge in [0.2, 0.25) is 0 Å². The van der Waals surface area contributed by atoms with Gasteiger partial charge in [0.1, 0.15) is 0 Å². The van der Waals surface area contributed by atoms with Gasteiger partial charge in [0.05, 0.1) is 12.5 Å². The lowest BCUT2D eigenvalue weighted by atomic mass is 10.4. The Bertz CT molecular complexity index is 329. The zero-order valence-corrected chi connectivity index (χ0v) is 7.84. The molecule has 0 radical (unpaired) electrons. The average Bonchev–Trinajstić information content (AvgIpc) is 2.29. The van der Waals surface area contributed by atoms with Crippen LogP contribution < -0.4 is 0 Å². The predicted molar refractivity (Wildman–Crippen MR) is 48.1 cm³/mol. The Morgan fingerprint density at radius 3 is 3.00 bits per heavy atom. The molecule has 0 spiro atoms. The smallest absolute Gasteiger partial charge is 0.161 e. The maximum Gasteiger partial charge on any atom is 0.161 e. The van der Waals surface area contributed by atoms with E-state index in [1.54, 1.807) is 11.3 Å². The molecular formula is C7H8N2S2. The van der Waals surface area contributed by atoms with E-state index in [0.717, 1.165) is 16.2 Å². The molecule has 0 fully saturated rings. The van der Waals surface area contributed by atoms with Crippen LogP contribution in [-0.2, 0) is 6.54 Å². The second-order valence-electron chi connectivity index (χ2n) is 2.20. The van der Waals surface area contributed by atoms with Gasteiger partial charge in [0, 0.05) is 17.6 Å². The lowest BCUT2D eigenvalue weighted by molar-refractivity contribution is 0.695. The van der Waals surface area contributed by atoms with Gasteiger partial charge >= 0.3 is 0 Å². The summed E-state index contributed by atoms with van der Waals surface area (Å²) >= 11 is 6.61. The van der Waals surface area contributed by atoms with Crippen LogP contribution in [0.3, 0.4) is 0 Å². The van der Waals surface area contributed by atoms with Crippen molar-refractivity contribution in [2.75, 3.05) is 0 Å². The van der Waals surface area contributed by atoms with Crippen LogP contribution >= 0.6 is 23.6 Å². The molecule has 0 saturated heterocycles. The molecule has 0 saturated carbocycles. The average molecular weight is 184 g/mol. The first-order valence-corrected chi connectivity index (χ1v) is 4.56. The third-order valence-electron chi connectivity index (χ3n) is 1.42. The summed E-state index contributed by atoms with van der Waals surface area (Å²) in [7, 11) is 0. The minimum atomic E-state index is 0.534. The minimum absolute atomic E-state index is 0.534. The molecule has 11 heavy (non-hydrogen) atoms. The topological polar surface area (TPSA) is 28.7 Å². The first kappa shape index (κ1) is 8.44. The number of nitriles is 1. The predicted octanol–water partition coefficient (Wildman–Crippen LogP) is 2.50. The summed E-state index contributed by atoms with van der Waals surface area (Å²) < 4.78 is 2.85. The van der Waals surface area contributed by atoms with Crippen molar-refractivity contribution in [2.24, 2.45) is 0 Å². The maximum absolute atomic E-state index is 8.35. The largest absolute Gasteiger partial charge is 0.326 e. The zero-order valence-electron chi connectivity index (χ0n) is 6.20. The van der Waals surface area contributed by atoms with Crippen LogP contribution in [0.1, 0.15) is 12.1 Å². The van der Waals surface area contributed by atoms with E-state index in [0.29, 0.717) is 6.42 Å². The van der Waals surface area contributed by atoms with Crippen molar-refractivity contribution >= 4 is 23.6 Å². The van der Waals surface area contributed by atoms with E-state index in [9.17, 15) is 0 Å². The normalized spacial score (nSPS) is 9.45. The highest BCUT2D eigenvalue weighted by Gasteiger charge is 1.97. The molecule has 0 atom stereocenters. The second-order valence-corrected chi connectivity index (χ2v) is 3.71. The highest BCUT2D eigenvalue weighted by atomic mass is 32.1. The number of thiazole rings is 1. The van der Waals surface area contributed by atoms with E-state index in [-0.39, 0.29) is 0 Å². The van der Waals surface area contributed by atoms with Gasteiger partial charge in [-0.25, -0.2) is 0 Å². The van der Waals surface area contributed by atoms with Crippen LogP contribution in [0.25, 0.3) is 0 Å². The van der Waals surface area contributed by atoms with Crippen LogP contribution in [0.4, 0.5) is 0 Å². The zero-order chi connectivity index (χ0) is 8.27. The molecule has 0 aromatic carbocycles. The van der Waals surface area contributed by atoms with Crippen molar-refractivity contribution in [1.29, 1.82) is 5.26 Å². The molecule has 0 N–H and O–H groups in total. The van der Waals surface area contributed by atoms with Gasteiger partial charge in [0.25, 0.3) is 0 Å². The molecule has 1 aromatic rings. The molecule has 2 nitrogen and oxygen atoms in total. The Balaban J connectivity index is 2.86. The third-order valence-corrected chi connectivity index (χ3v) is 2.81. The van der Waals surface area contributed by atoms with Crippen molar-refractivity contribution in [3.63, 3.8) is 0 Å². The van der Waals surface area contributed by atoms with Crippen LogP contribution in [-0.4, -0.2) is 4.57 Å². The quantitative estimate of drug-likeness (QED) is 0.661. The molecule has 1 heterocycles. The summed E-state index contributed by atoms with van der Waals surface area (Å²) in [6.45, 7) is 2.73. The van der Waals surface area contributed by atoms with Gasteiger partial charge in [-0.15, -0.1) is 11.3 Å². The number of hydrogen-bond donors (Lipinski definition) is 0. The summed E-state index contributed by atoms with van der Waals surface area (Å²) in [5.74, 6) is 0. The lowest BCUT2D eigenvalue weighted by Crippen LogP contribution is -1.98. The Kier molecular flexibility index (Phi) is 2.80. The van der Waals surface area contributed by atoms with Gasteiger partial charge < -0.3 is 4.57 Å². The Labute approximate surface area is 74.7 Å². The molecule has 1 aromatic heterocycles. The van der Waals surface area contributed by atoms with Gasteiger partial charge in [-0.2, -0.15) is 5.26 Å². The van der Waals surface area contributed by atoms with E-state index in [2.05, 4.69) is 6.07 Å². The Hall–Kier alpha value is -0.660. The summed E-state index contributed by atoms with van der Waals surface area (Å²) in [6.07, 6.45) is 0.534. The lowest BCUT2D eigenvalue weighted by Gasteiger charge is -1.99. The van der Waals surface area contributed by atoms with E-state index < -0.39 is 0 Å². The van der Waals surface area contributed by atoms with Gasteiger partial charge in [0.15, 0.2) is 3.95 Å². The molecular weight excluding hydrogens is 176 g/mol. The van der Waals surface area contributed by atoms with Crippen molar-refractivity contribution in [2.45, 2.75) is 19.9 Å². The van der Waals surface area contributed by atoms with E-state index in [4.69, 9.17) is 17.5 Å². The number of rotatable bonds is 2. The molecule has 1 rings (SSSR count). The number of nitrogens with zero attached hydrogens (tertiary/aromatic N) is 2. The number of hydrogen-bond acceptors (Lipinski definition) is 3. The molecule has 0 aliphatic carbocycles. The third kappa shape index (κ3) is 1.88. The van der Waals surface area contributed by atoms with Crippen LogP contribution in [0.15, 0.2) is 5.38 Å². The Morgan fingerprint density at radius 2 is 2.55 bits per heavy atom. The highest BCUT2D eigenvalue weighted by molar-refractivity contribution is 7.73. The van der Waals surface area contributed by atoms with Crippen LogP contribution in [0.5, 0.6) is 0 Å². The second kappa shape index (κ2) is 3.65. The van der Waals surface area contributed by atoms with Gasteiger partial charge in [-0.1, -0.05) is 0 Å². The SMILES string of the molecule is Cc1csc(=S)n1CCC#N. The van der Waals surface area contributed by atoms with Crippen LogP contribution in [0, 0.1) is 22.2 Å². The van der Waals surface area contributed by atoms with Crippen LogP contribution in [0.2, 0.25) is 0 Å². The van der Waals surface area contributed by atoms with Gasteiger partial charge in [-0.05, 0) is 19.1 Å². The van der Waals surface area contributed by atoms with E-state index >= 15 is 0 Å². The molecule has 4 heteroatoms. The highest BCUT2D eigenvalue weighted by Crippen LogP contribution is 2.09. The molecule has 0 amide bonds. The van der Waals surface area contributed by atoms with E-state index in [1.807, 2.05) is 16.9 Å². The fraction of sp³-hybridized carbons (Fsp3) is 0.429. The van der Waals surface area contributed by atoms with Crippen molar-refractivity contribution in [1.82, 2.24) is 4.57 Å². The monoisotopic (exact) mass is 184 g/mol.